The summed E-state index contributed by atoms with van der Waals surface area (Å²) in [4.78, 5) is 4.78. The minimum atomic E-state index is -3.23. The molecule has 5 nitrogen and oxygen atoms in total. The van der Waals surface area contributed by atoms with Crippen LogP contribution in [0.4, 0.5) is 0 Å². The molecule has 0 atom stereocenters. The van der Waals surface area contributed by atoms with Gasteiger partial charge in [0.2, 0.25) is 0 Å². The van der Waals surface area contributed by atoms with Crippen LogP contribution in [0.15, 0.2) is 29.2 Å². The fourth-order valence-corrected chi connectivity index (χ4v) is 2.91. The number of nitrogens with two attached hydrogens (primary N) is 1. The molecule has 1 aliphatic heterocycles. The van der Waals surface area contributed by atoms with Gasteiger partial charge in [-0.25, -0.2) is 14.3 Å². The van der Waals surface area contributed by atoms with Gasteiger partial charge in [0.25, 0.3) is 0 Å². The van der Waals surface area contributed by atoms with Gasteiger partial charge in [-0.3, -0.25) is 4.84 Å². The van der Waals surface area contributed by atoms with E-state index in [0.717, 1.165) is 5.56 Å². The van der Waals surface area contributed by atoms with E-state index in [-0.39, 0.29) is 19.8 Å². The largest absolute Gasteiger partial charge is 0.379 e. The molecule has 0 spiro atoms. The van der Waals surface area contributed by atoms with Crippen LogP contribution in [0.3, 0.4) is 0 Å². The summed E-state index contributed by atoms with van der Waals surface area (Å²) in [6, 6.07) is 6.53. The van der Waals surface area contributed by atoms with Crippen LogP contribution in [0.25, 0.3) is 0 Å². The van der Waals surface area contributed by atoms with Gasteiger partial charge in [-0.05, 0) is 17.7 Å². The van der Waals surface area contributed by atoms with Gasteiger partial charge < -0.3 is 4.74 Å². The smallest absolute Gasteiger partial charge is 0.185 e. The van der Waals surface area contributed by atoms with E-state index in [1.165, 1.54) is 0 Å². The molecule has 1 aliphatic rings. The predicted octanol–water partition coefficient (Wildman–Crippen LogP) is 0.249. The Bertz CT molecular complexity index is 450. The summed E-state index contributed by atoms with van der Waals surface area (Å²) in [6.45, 7) is 0.846. The summed E-state index contributed by atoms with van der Waals surface area (Å²) in [6.07, 6.45) is 0. The number of hydrogen-bond donors (Lipinski definition) is 1. The maximum Gasteiger partial charge on any atom is 0.185 e. The van der Waals surface area contributed by atoms with Gasteiger partial charge in [-0.1, -0.05) is 12.1 Å². The van der Waals surface area contributed by atoms with Crippen LogP contribution in [0.5, 0.6) is 0 Å². The Balaban J connectivity index is 2.20. The Labute approximate surface area is 94.0 Å². The lowest BCUT2D eigenvalue weighted by Crippen LogP contribution is -2.40. The van der Waals surface area contributed by atoms with Crippen LogP contribution in [0, 0.1) is 0 Å². The lowest BCUT2D eigenvalue weighted by atomic mass is 10.2. The van der Waals surface area contributed by atoms with Crippen molar-refractivity contribution in [2.45, 2.75) is 16.8 Å². The first kappa shape index (κ1) is 11.5. The average molecular weight is 243 g/mol. The summed E-state index contributed by atoms with van der Waals surface area (Å²) in [5.41, 5.74) is 0.839. The molecule has 1 fully saturated rings. The summed E-state index contributed by atoms with van der Waals surface area (Å²) >= 11 is 0. The van der Waals surface area contributed by atoms with Gasteiger partial charge in [-0.2, -0.15) is 0 Å². The second-order valence-corrected chi connectivity index (χ2v) is 5.89. The van der Waals surface area contributed by atoms with Crippen molar-refractivity contribution in [2.75, 3.05) is 13.2 Å². The zero-order valence-corrected chi connectivity index (χ0v) is 9.44. The molecule has 6 heteroatoms. The molecule has 0 aromatic heterocycles. The molecular formula is C10H13NO4S. The van der Waals surface area contributed by atoms with Crippen LogP contribution in [-0.4, -0.2) is 26.9 Å². The van der Waals surface area contributed by atoms with Gasteiger partial charge in [0.05, 0.1) is 24.7 Å². The molecule has 1 aromatic carbocycles. The van der Waals surface area contributed by atoms with Crippen molar-refractivity contribution in [3.63, 3.8) is 0 Å². The molecule has 1 saturated heterocycles. The molecule has 0 amide bonds. The highest BCUT2D eigenvalue weighted by atomic mass is 32.2. The first-order valence-electron chi connectivity index (χ1n) is 4.87. The second kappa shape index (κ2) is 4.50. The first-order valence-corrected chi connectivity index (χ1v) is 6.41. The van der Waals surface area contributed by atoms with Crippen LogP contribution >= 0.6 is 0 Å². The fraction of sp³-hybridized carbons (Fsp3) is 0.400. The van der Waals surface area contributed by atoms with Gasteiger partial charge in [0, 0.05) is 0 Å². The second-order valence-electron chi connectivity index (χ2n) is 3.66. The van der Waals surface area contributed by atoms with Crippen LogP contribution in [0.2, 0.25) is 0 Å². The molecule has 2 rings (SSSR count). The van der Waals surface area contributed by atoms with Gasteiger partial charge in [-0.15, -0.1) is 0 Å². The molecule has 0 aliphatic carbocycles. The number of hydrogen-bond acceptors (Lipinski definition) is 5. The monoisotopic (exact) mass is 243 g/mol. The standard InChI is InChI=1S/C10H13NO4S/c11-15-5-8-1-3-9(4-2-8)16(12,13)10-6-14-7-10/h1-4,10H,5-7,11H2. The van der Waals surface area contributed by atoms with Crippen molar-refractivity contribution in [1.29, 1.82) is 0 Å². The Morgan fingerprint density at radius 2 is 1.94 bits per heavy atom. The molecule has 0 unspecified atom stereocenters. The lowest BCUT2D eigenvalue weighted by molar-refractivity contribution is 0.0416. The number of sulfone groups is 1. The topological polar surface area (TPSA) is 78.6 Å². The van der Waals surface area contributed by atoms with E-state index in [2.05, 4.69) is 4.84 Å². The highest BCUT2D eigenvalue weighted by Gasteiger charge is 2.33. The van der Waals surface area contributed by atoms with E-state index in [1.54, 1.807) is 24.3 Å². The van der Waals surface area contributed by atoms with Crippen LogP contribution < -0.4 is 5.90 Å². The number of rotatable bonds is 4. The van der Waals surface area contributed by atoms with E-state index >= 15 is 0 Å². The summed E-state index contributed by atoms with van der Waals surface area (Å²) in [5.74, 6) is 4.93. The molecule has 0 bridgehead atoms. The third kappa shape index (κ3) is 2.10. The number of ether oxygens (including phenoxy) is 1. The minimum absolute atomic E-state index is 0.271. The summed E-state index contributed by atoms with van der Waals surface area (Å²) < 4.78 is 28.8. The third-order valence-electron chi connectivity index (χ3n) is 2.55. The molecule has 1 heterocycles. The van der Waals surface area contributed by atoms with Crippen LogP contribution in [0.1, 0.15) is 5.56 Å². The Morgan fingerprint density at radius 3 is 2.38 bits per heavy atom. The van der Waals surface area contributed by atoms with E-state index in [1.807, 2.05) is 0 Å². The summed E-state index contributed by atoms with van der Waals surface area (Å²) in [5, 5.41) is -0.399. The van der Waals surface area contributed by atoms with Crippen molar-refractivity contribution in [1.82, 2.24) is 0 Å². The zero-order chi connectivity index (χ0) is 11.6. The zero-order valence-electron chi connectivity index (χ0n) is 8.63. The molecule has 16 heavy (non-hydrogen) atoms. The fourth-order valence-electron chi connectivity index (χ4n) is 1.46. The highest BCUT2D eigenvalue weighted by Crippen LogP contribution is 2.21. The van der Waals surface area contributed by atoms with Crippen molar-refractivity contribution in [2.24, 2.45) is 5.90 Å². The minimum Gasteiger partial charge on any atom is -0.379 e. The van der Waals surface area contributed by atoms with E-state index in [0.29, 0.717) is 4.90 Å². The Morgan fingerprint density at radius 1 is 1.31 bits per heavy atom. The molecule has 88 valence electrons. The van der Waals surface area contributed by atoms with Crippen molar-refractivity contribution < 1.29 is 18.0 Å². The molecule has 0 radical (unpaired) electrons. The maximum atomic E-state index is 11.9. The van der Waals surface area contributed by atoms with Crippen molar-refractivity contribution in [3.05, 3.63) is 29.8 Å². The van der Waals surface area contributed by atoms with Crippen molar-refractivity contribution in [3.8, 4) is 0 Å². The Kier molecular flexibility index (Phi) is 3.25. The van der Waals surface area contributed by atoms with E-state index in [9.17, 15) is 8.42 Å². The van der Waals surface area contributed by atoms with Crippen molar-refractivity contribution >= 4 is 9.84 Å². The normalized spacial score (nSPS) is 17.1. The molecule has 1 aromatic rings. The highest BCUT2D eigenvalue weighted by molar-refractivity contribution is 7.92. The number of benzene rings is 1. The quantitative estimate of drug-likeness (QED) is 0.767. The predicted molar refractivity (Wildman–Crippen MR) is 57.2 cm³/mol. The molecular weight excluding hydrogens is 230 g/mol. The Hall–Kier alpha value is -0.950. The SMILES string of the molecule is NOCc1ccc(S(=O)(=O)C2COC2)cc1. The van der Waals surface area contributed by atoms with Gasteiger partial charge in [0.15, 0.2) is 9.84 Å². The lowest BCUT2D eigenvalue weighted by Gasteiger charge is -2.25. The summed E-state index contributed by atoms with van der Waals surface area (Å²) in [7, 11) is -3.23. The van der Waals surface area contributed by atoms with Gasteiger partial charge in [0.1, 0.15) is 5.25 Å². The van der Waals surface area contributed by atoms with Crippen LogP contribution in [-0.2, 0) is 26.0 Å². The van der Waals surface area contributed by atoms with Gasteiger partial charge >= 0.3 is 0 Å². The molecule has 0 saturated carbocycles. The average Bonchev–Trinajstić information content (AvgIpc) is 2.15. The molecule has 2 N–H and O–H groups in total. The third-order valence-corrected chi connectivity index (χ3v) is 4.63. The van der Waals surface area contributed by atoms with E-state index in [4.69, 9.17) is 10.6 Å². The van der Waals surface area contributed by atoms with E-state index < -0.39 is 15.1 Å². The maximum absolute atomic E-state index is 11.9. The first-order chi connectivity index (χ1) is 7.64.